The molecule has 1 aliphatic heterocycles. The molecule has 1 aromatic rings. The summed E-state index contributed by atoms with van der Waals surface area (Å²) in [5, 5.41) is 7.79. The Bertz CT molecular complexity index is 427. The zero-order valence-electron chi connectivity index (χ0n) is 12.3. The molecular formula is C14H24N4OS. The summed E-state index contributed by atoms with van der Waals surface area (Å²) >= 11 is 1.76. The second-order valence-corrected chi connectivity index (χ2v) is 6.22. The van der Waals surface area contributed by atoms with Crippen LogP contribution in [-0.4, -0.2) is 43.3 Å². The molecule has 1 saturated heterocycles. The molecule has 2 N–H and O–H groups in total. The van der Waals surface area contributed by atoms with Crippen LogP contribution in [-0.2, 0) is 11.2 Å². The first kappa shape index (κ1) is 15.3. The highest BCUT2D eigenvalue weighted by Gasteiger charge is 2.14. The van der Waals surface area contributed by atoms with Gasteiger partial charge in [0.25, 0.3) is 0 Å². The van der Waals surface area contributed by atoms with Crippen LogP contribution in [0.4, 0.5) is 0 Å². The van der Waals surface area contributed by atoms with Gasteiger partial charge in [0.05, 0.1) is 17.7 Å². The molecule has 1 unspecified atom stereocenters. The summed E-state index contributed by atoms with van der Waals surface area (Å²) < 4.78 is 5.59. The third kappa shape index (κ3) is 5.09. The van der Waals surface area contributed by atoms with Crippen molar-refractivity contribution in [1.82, 2.24) is 15.6 Å². The maximum atomic E-state index is 5.59. The summed E-state index contributed by atoms with van der Waals surface area (Å²) in [6, 6.07) is 0. The van der Waals surface area contributed by atoms with Crippen LogP contribution in [0.2, 0.25) is 0 Å². The van der Waals surface area contributed by atoms with Gasteiger partial charge in [0.15, 0.2) is 5.96 Å². The van der Waals surface area contributed by atoms with Crippen molar-refractivity contribution in [3.8, 4) is 0 Å². The molecule has 1 aliphatic rings. The fraction of sp³-hybridized carbons (Fsp3) is 0.714. The molecule has 2 rings (SSSR count). The van der Waals surface area contributed by atoms with Gasteiger partial charge in [-0.05, 0) is 26.7 Å². The van der Waals surface area contributed by atoms with Gasteiger partial charge >= 0.3 is 0 Å². The van der Waals surface area contributed by atoms with E-state index in [2.05, 4.69) is 34.5 Å². The molecule has 0 spiro atoms. The number of aryl methyl sites for hydroxylation is 1. The Labute approximate surface area is 124 Å². The normalized spacial score (nSPS) is 19.3. The summed E-state index contributed by atoms with van der Waals surface area (Å²) in [6.07, 6.45) is 5.45. The molecule has 0 aliphatic carbocycles. The molecule has 2 heterocycles. The van der Waals surface area contributed by atoms with E-state index >= 15 is 0 Å². The summed E-state index contributed by atoms with van der Waals surface area (Å²) in [7, 11) is 0. The fourth-order valence-electron chi connectivity index (χ4n) is 2.13. The average Bonchev–Trinajstić information content (AvgIpc) is 3.08. The van der Waals surface area contributed by atoms with Crippen molar-refractivity contribution in [1.29, 1.82) is 0 Å². The highest BCUT2D eigenvalue weighted by molar-refractivity contribution is 7.11. The average molecular weight is 296 g/mol. The molecule has 0 radical (unpaired) electrons. The minimum atomic E-state index is 0.298. The van der Waals surface area contributed by atoms with Crippen molar-refractivity contribution in [2.24, 2.45) is 4.99 Å². The number of hydrogen-bond donors (Lipinski definition) is 2. The summed E-state index contributed by atoms with van der Waals surface area (Å²) in [6.45, 7) is 7.51. The number of thiazole rings is 1. The number of rotatable bonds is 6. The van der Waals surface area contributed by atoms with E-state index in [4.69, 9.17) is 4.74 Å². The van der Waals surface area contributed by atoms with Gasteiger partial charge in [0.2, 0.25) is 0 Å². The molecule has 0 saturated carbocycles. The van der Waals surface area contributed by atoms with Crippen molar-refractivity contribution in [2.45, 2.75) is 39.2 Å². The summed E-state index contributed by atoms with van der Waals surface area (Å²) in [4.78, 5) is 10.2. The maximum Gasteiger partial charge on any atom is 0.191 e. The molecule has 5 nitrogen and oxygen atoms in total. The third-order valence-electron chi connectivity index (χ3n) is 3.12. The number of aromatic nitrogens is 1. The Morgan fingerprint density at radius 1 is 1.55 bits per heavy atom. The number of nitrogens with one attached hydrogen (secondary N) is 2. The smallest absolute Gasteiger partial charge is 0.191 e. The fourth-order valence-corrected chi connectivity index (χ4v) is 2.91. The molecule has 6 heteroatoms. The molecule has 1 fully saturated rings. The lowest BCUT2D eigenvalue weighted by molar-refractivity contribution is 0.117. The summed E-state index contributed by atoms with van der Waals surface area (Å²) in [5.41, 5.74) is 0. The SMILES string of the molecule is CCNC(=NCC1CCCO1)NCCc1ncc(C)s1. The Morgan fingerprint density at radius 2 is 2.45 bits per heavy atom. The first-order chi connectivity index (χ1) is 9.78. The molecule has 1 atom stereocenters. The van der Waals surface area contributed by atoms with Crippen LogP contribution >= 0.6 is 11.3 Å². The molecule has 0 bridgehead atoms. The van der Waals surface area contributed by atoms with E-state index in [0.29, 0.717) is 6.10 Å². The Hall–Kier alpha value is -1.14. The van der Waals surface area contributed by atoms with Crippen molar-refractivity contribution >= 4 is 17.3 Å². The molecule has 1 aromatic heterocycles. The van der Waals surface area contributed by atoms with Gasteiger partial charge < -0.3 is 15.4 Å². The number of nitrogens with zero attached hydrogens (tertiary/aromatic N) is 2. The van der Waals surface area contributed by atoms with Gasteiger partial charge in [-0.2, -0.15) is 0 Å². The van der Waals surface area contributed by atoms with Crippen molar-refractivity contribution in [3.63, 3.8) is 0 Å². The van der Waals surface area contributed by atoms with Gasteiger partial charge in [0, 0.05) is 37.2 Å². The Balaban J connectivity index is 1.74. The van der Waals surface area contributed by atoms with Crippen LogP contribution in [0.25, 0.3) is 0 Å². The lowest BCUT2D eigenvalue weighted by atomic mass is 10.2. The number of guanidine groups is 1. The molecule has 112 valence electrons. The molecule has 0 amide bonds. The van der Waals surface area contributed by atoms with Crippen LogP contribution in [0.5, 0.6) is 0 Å². The lowest BCUT2D eigenvalue weighted by Gasteiger charge is -2.12. The summed E-state index contributed by atoms with van der Waals surface area (Å²) in [5.74, 6) is 0.872. The molecule has 0 aromatic carbocycles. The van der Waals surface area contributed by atoms with Crippen molar-refractivity contribution < 1.29 is 4.74 Å². The van der Waals surface area contributed by atoms with Crippen molar-refractivity contribution in [2.75, 3.05) is 26.2 Å². The van der Waals surface area contributed by atoms with E-state index < -0.39 is 0 Å². The standard InChI is InChI=1S/C14H24N4OS/c1-3-15-14(18-10-12-5-4-8-19-12)16-7-6-13-17-9-11(2)20-13/h9,12H,3-8,10H2,1-2H3,(H2,15,16,18). The predicted octanol–water partition coefficient (Wildman–Crippen LogP) is 1.73. The van der Waals surface area contributed by atoms with Crippen molar-refractivity contribution in [3.05, 3.63) is 16.1 Å². The second-order valence-electron chi connectivity index (χ2n) is 4.90. The van der Waals surface area contributed by atoms with E-state index in [-0.39, 0.29) is 0 Å². The first-order valence-corrected chi connectivity index (χ1v) is 8.14. The maximum absolute atomic E-state index is 5.59. The van der Waals surface area contributed by atoms with Gasteiger partial charge in [-0.15, -0.1) is 11.3 Å². The Kier molecular flexibility index (Phi) is 6.26. The van der Waals surface area contributed by atoms with E-state index in [1.54, 1.807) is 11.3 Å². The first-order valence-electron chi connectivity index (χ1n) is 7.33. The van der Waals surface area contributed by atoms with Gasteiger partial charge in [-0.3, -0.25) is 4.99 Å². The van der Waals surface area contributed by atoms with E-state index in [9.17, 15) is 0 Å². The predicted molar refractivity (Wildman–Crippen MR) is 83.5 cm³/mol. The van der Waals surface area contributed by atoms with Crippen LogP contribution in [0, 0.1) is 6.92 Å². The number of ether oxygens (including phenoxy) is 1. The van der Waals surface area contributed by atoms with E-state index in [0.717, 1.165) is 51.5 Å². The van der Waals surface area contributed by atoms with E-state index in [1.165, 1.54) is 9.88 Å². The minimum absolute atomic E-state index is 0.298. The highest BCUT2D eigenvalue weighted by Crippen LogP contribution is 2.12. The number of aliphatic imine (C=N–C) groups is 1. The second kappa shape index (κ2) is 8.21. The van der Waals surface area contributed by atoms with Crippen LogP contribution in [0.15, 0.2) is 11.2 Å². The highest BCUT2D eigenvalue weighted by atomic mass is 32.1. The van der Waals surface area contributed by atoms with Gasteiger partial charge in [-0.25, -0.2) is 4.98 Å². The van der Waals surface area contributed by atoms with Crippen LogP contribution in [0.1, 0.15) is 29.7 Å². The number of hydrogen-bond acceptors (Lipinski definition) is 4. The lowest BCUT2D eigenvalue weighted by Crippen LogP contribution is -2.38. The topological polar surface area (TPSA) is 58.5 Å². The van der Waals surface area contributed by atoms with Crippen LogP contribution < -0.4 is 10.6 Å². The van der Waals surface area contributed by atoms with Gasteiger partial charge in [-0.1, -0.05) is 0 Å². The quantitative estimate of drug-likeness (QED) is 0.620. The van der Waals surface area contributed by atoms with Gasteiger partial charge in [0.1, 0.15) is 0 Å². The van der Waals surface area contributed by atoms with Crippen LogP contribution in [0.3, 0.4) is 0 Å². The van der Waals surface area contributed by atoms with E-state index in [1.807, 2.05) is 6.20 Å². The third-order valence-corrected chi connectivity index (χ3v) is 4.09. The zero-order valence-corrected chi connectivity index (χ0v) is 13.1. The zero-order chi connectivity index (χ0) is 14.2. The largest absolute Gasteiger partial charge is 0.376 e. The minimum Gasteiger partial charge on any atom is -0.376 e. The molecular weight excluding hydrogens is 272 g/mol. The molecule has 20 heavy (non-hydrogen) atoms. The Morgan fingerprint density at radius 3 is 3.10 bits per heavy atom. The monoisotopic (exact) mass is 296 g/mol.